The third kappa shape index (κ3) is 9.87. The topological polar surface area (TPSA) is 95.8 Å². The van der Waals surface area contributed by atoms with Crippen molar-refractivity contribution in [3.05, 3.63) is 0 Å². The van der Waals surface area contributed by atoms with Crippen molar-refractivity contribution in [1.82, 2.24) is 0 Å². The van der Waals surface area contributed by atoms with E-state index < -0.39 is 23.5 Å². The maximum Gasteiger partial charge on any atom is 0.493 e. The molecule has 0 aromatic rings. The van der Waals surface area contributed by atoms with E-state index in [0.717, 1.165) is 0 Å². The van der Waals surface area contributed by atoms with Crippen molar-refractivity contribution < 1.29 is 37.1 Å². The first-order valence-electron chi connectivity index (χ1n) is 7.67. The van der Waals surface area contributed by atoms with E-state index in [4.69, 9.17) is 32.0 Å². The molecular formula is C13H32O8Si2. The second-order valence-corrected chi connectivity index (χ2v) is 12.0. The first kappa shape index (κ1) is 23.1. The molecule has 0 saturated carbocycles. The molecule has 0 aliphatic rings. The number of hydrogen-bond donors (Lipinski definition) is 2. The Morgan fingerprint density at radius 1 is 0.913 bits per heavy atom. The molecule has 2 N–H and O–H groups in total. The maximum absolute atomic E-state index is 9.20. The second kappa shape index (κ2) is 12.5. The van der Waals surface area contributed by atoms with Crippen molar-refractivity contribution in [3.8, 4) is 0 Å². The Morgan fingerprint density at radius 3 is 2.00 bits per heavy atom. The molecule has 0 fully saturated rings. The van der Waals surface area contributed by atoms with Gasteiger partial charge in [0.05, 0.1) is 32.5 Å². The SMILES string of the molecule is CO[Si](C)(CCOCC(C)O)O[Si](CCOCCO)(OC)OC. The molecule has 0 heterocycles. The van der Waals surface area contributed by atoms with Crippen molar-refractivity contribution in [2.45, 2.75) is 31.7 Å². The summed E-state index contributed by atoms with van der Waals surface area (Å²) in [6.07, 6.45) is -0.499. The summed E-state index contributed by atoms with van der Waals surface area (Å²) < 4.78 is 33.5. The summed E-state index contributed by atoms with van der Waals surface area (Å²) in [6, 6.07) is 1.07. The maximum atomic E-state index is 9.20. The lowest BCUT2D eigenvalue weighted by molar-refractivity contribution is 0.0483. The zero-order chi connectivity index (χ0) is 17.8. The summed E-state index contributed by atoms with van der Waals surface area (Å²) in [4.78, 5) is 0. The lowest BCUT2D eigenvalue weighted by atomic mass is 10.4. The Hall–Kier alpha value is 0.114. The molecule has 140 valence electrons. The smallest absolute Gasteiger partial charge is 0.398 e. The van der Waals surface area contributed by atoms with E-state index in [1.165, 1.54) is 0 Å². The third-order valence-corrected chi connectivity index (χ3v) is 10.3. The Balaban J connectivity index is 4.57. The fourth-order valence-electron chi connectivity index (χ4n) is 1.82. The van der Waals surface area contributed by atoms with Crippen molar-refractivity contribution in [2.24, 2.45) is 0 Å². The van der Waals surface area contributed by atoms with Crippen LogP contribution in [0.15, 0.2) is 0 Å². The van der Waals surface area contributed by atoms with E-state index in [1.807, 2.05) is 6.55 Å². The molecule has 2 unspecified atom stereocenters. The van der Waals surface area contributed by atoms with E-state index in [2.05, 4.69) is 0 Å². The largest absolute Gasteiger partial charge is 0.493 e. The average molecular weight is 373 g/mol. The fraction of sp³-hybridized carbons (Fsp3) is 1.00. The quantitative estimate of drug-likeness (QED) is 0.314. The molecular weight excluding hydrogens is 340 g/mol. The van der Waals surface area contributed by atoms with Crippen molar-refractivity contribution in [2.75, 3.05) is 54.4 Å². The average Bonchev–Trinajstić information content (AvgIpc) is 2.54. The van der Waals surface area contributed by atoms with Gasteiger partial charge >= 0.3 is 17.4 Å². The van der Waals surface area contributed by atoms with Crippen LogP contribution in [0.2, 0.25) is 18.6 Å². The van der Waals surface area contributed by atoms with Gasteiger partial charge in [0.25, 0.3) is 0 Å². The van der Waals surface area contributed by atoms with Gasteiger partial charge in [0.2, 0.25) is 0 Å². The highest BCUT2D eigenvalue weighted by molar-refractivity contribution is 6.77. The van der Waals surface area contributed by atoms with Gasteiger partial charge < -0.3 is 37.1 Å². The molecule has 0 saturated heterocycles. The molecule has 0 spiro atoms. The van der Waals surface area contributed by atoms with Crippen LogP contribution in [0.4, 0.5) is 0 Å². The van der Waals surface area contributed by atoms with Crippen LogP contribution in [-0.2, 0) is 26.9 Å². The van der Waals surface area contributed by atoms with Crippen LogP contribution in [-0.4, -0.2) is 88.0 Å². The van der Waals surface area contributed by atoms with Gasteiger partial charge in [0, 0.05) is 40.0 Å². The highest BCUT2D eigenvalue weighted by Gasteiger charge is 2.47. The van der Waals surface area contributed by atoms with Crippen LogP contribution < -0.4 is 0 Å². The van der Waals surface area contributed by atoms with Gasteiger partial charge in [-0.15, -0.1) is 0 Å². The molecule has 10 heteroatoms. The lowest BCUT2D eigenvalue weighted by Gasteiger charge is -2.35. The van der Waals surface area contributed by atoms with Gasteiger partial charge in [0.1, 0.15) is 0 Å². The van der Waals surface area contributed by atoms with Gasteiger partial charge in [-0.05, 0) is 13.5 Å². The highest BCUT2D eigenvalue weighted by Crippen LogP contribution is 2.23. The molecule has 23 heavy (non-hydrogen) atoms. The summed E-state index contributed by atoms with van der Waals surface area (Å²) in [5, 5.41) is 17.9. The first-order valence-corrected chi connectivity index (χ1v) is 12.1. The minimum atomic E-state index is -2.91. The second-order valence-electron chi connectivity index (χ2n) is 5.29. The highest BCUT2D eigenvalue weighted by atomic mass is 28.5. The summed E-state index contributed by atoms with van der Waals surface area (Å²) in [5.41, 5.74) is 0. The molecule has 0 amide bonds. The number of aliphatic hydroxyl groups is 2. The predicted molar refractivity (Wildman–Crippen MR) is 89.5 cm³/mol. The Labute approximate surface area is 141 Å². The van der Waals surface area contributed by atoms with E-state index in [0.29, 0.717) is 25.3 Å². The number of ether oxygens (including phenoxy) is 2. The number of aliphatic hydroxyl groups excluding tert-OH is 2. The number of rotatable bonds is 15. The third-order valence-electron chi connectivity index (χ3n) is 3.27. The van der Waals surface area contributed by atoms with Crippen LogP contribution in [0.3, 0.4) is 0 Å². The minimum Gasteiger partial charge on any atom is -0.398 e. The van der Waals surface area contributed by atoms with Crippen LogP contribution in [0, 0.1) is 0 Å². The molecule has 0 rings (SSSR count). The summed E-state index contributed by atoms with van der Waals surface area (Å²) in [5.74, 6) is 0. The number of hydrogen-bond acceptors (Lipinski definition) is 8. The van der Waals surface area contributed by atoms with Gasteiger partial charge in [-0.1, -0.05) is 0 Å². The standard InChI is InChI=1S/C13H32O8Si2/c1-13(15)12-20-8-10-22(5,16-2)21-23(17-3,18-4)11-9-19-7-6-14/h13-15H,6-12H2,1-5H3. The summed E-state index contributed by atoms with van der Waals surface area (Å²) >= 11 is 0. The van der Waals surface area contributed by atoms with Gasteiger partial charge in [-0.2, -0.15) is 0 Å². The Morgan fingerprint density at radius 2 is 1.52 bits per heavy atom. The molecule has 0 aromatic carbocycles. The fourth-order valence-corrected chi connectivity index (χ4v) is 7.96. The van der Waals surface area contributed by atoms with E-state index in [-0.39, 0.29) is 19.8 Å². The van der Waals surface area contributed by atoms with Gasteiger partial charge in [-0.3, -0.25) is 0 Å². The Bertz CT molecular complexity index is 291. The first-order chi connectivity index (χ1) is 10.9. The van der Waals surface area contributed by atoms with E-state index in [1.54, 1.807) is 28.3 Å². The molecule has 0 bridgehead atoms. The van der Waals surface area contributed by atoms with Crippen LogP contribution in [0.25, 0.3) is 0 Å². The summed E-state index contributed by atoms with van der Waals surface area (Å²) in [7, 11) is -0.739. The van der Waals surface area contributed by atoms with Gasteiger partial charge in [0.15, 0.2) is 0 Å². The monoisotopic (exact) mass is 372 g/mol. The van der Waals surface area contributed by atoms with Crippen molar-refractivity contribution in [3.63, 3.8) is 0 Å². The molecule has 0 aromatic heterocycles. The normalized spacial score (nSPS) is 16.3. The van der Waals surface area contributed by atoms with E-state index >= 15 is 0 Å². The zero-order valence-electron chi connectivity index (χ0n) is 14.9. The lowest BCUT2D eigenvalue weighted by Crippen LogP contribution is -2.55. The van der Waals surface area contributed by atoms with E-state index in [9.17, 15) is 5.11 Å². The Kier molecular flexibility index (Phi) is 12.5. The molecule has 0 radical (unpaired) electrons. The predicted octanol–water partition coefficient (Wildman–Crippen LogP) is 0.359. The van der Waals surface area contributed by atoms with Gasteiger partial charge in [-0.25, -0.2) is 0 Å². The zero-order valence-corrected chi connectivity index (χ0v) is 16.9. The minimum absolute atomic E-state index is 0.0272. The van der Waals surface area contributed by atoms with Crippen LogP contribution >= 0.6 is 0 Å². The van der Waals surface area contributed by atoms with Crippen molar-refractivity contribution in [1.29, 1.82) is 0 Å². The van der Waals surface area contributed by atoms with Crippen molar-refractivity contribution >= 4 is 17.4 Å². The van der Waals surface area contributed by atoms with Crippen LogP contribution in [0.1, 0.15) is 6.92 Å². The summed E-state index contributed by atoms with van der Waals surface area (Å²) in [6.45, 7) is 4.92. The van der Waals surface area contributed by atoms with Crippen LogP contribution in [0.5, 0.6) is 0 Å². The molecule has 0 aliphatic heterocycles. The molecule has 8 nitrogen and oxygen atoms in total. The molecule has 0 aliphatic carbocycles. The molecule has 2 atom stereocenters.